The van der Waals surface area contributed by atoms with Crippen molar-refractivity contribution in [1.82, 2.24) is 19.5 Å². The predicted octanol–water partition coefficient (Wildman–Crippen LogP) is 10.8. The fourth-order valence-electron chi connectivity index (χ4n) is 7.32. The van der Waals surface area contributed by atoms with Crippen molar-refractivity contribution in [3.05, 3.63) is 163 Å². The van der Waals surface area contributed by atoms with E-state index in [9.17, 15) is 0 Å². The summed E-state index contributed by atoms with van der Waals surface area (Å²) in [6.07, 6.45) is 5.03. The highest BCUT2D eigenvalue weighted by Crippen LogP contribution is 2.43. The fourth-order valence-corrected chi connectivity index (χ4v) is 7.32. The van der Waals surface area contributed by atoms with Gasteiger partial charge in [-0.3, -0.25) is 0 Å². The number of hydrogen-bond acceptors (Lipinski definition) is 4. The maximum atomic E-state index is 6.51. The van der Waals surface area contributed by atoms with Gasteiger partial charge in [0.05, 0.1) is 17.0 Å². The second-order valence-electron chi connectivity index (χ2n) is 12.4. The molecule has 3 aromatic heterocycles. The number of benzene rings is 6. The minimum Gasteiger partial charge on any atom is -0.456 e. The predicted molar refractivity (Wildman–Crippen MR) is 194 cm³/mol. The molecule has 48 heavy (non-hydrogen) atoms. The van der Waals surface area contributed by atoms with Gasteiger partial charge in [0.25, 0.3) is 0 Å². The van der Waals surface area contributed by atoms with Crippen LogP contribution in [0.5, 0.6) is 0 Å². The molecule has 5 nitrogen and oxygen atoms in total. The lowest BCUT2D eigenvalue weighted by Gasteiger charge is -2.19. The lowest BCUT2D eigenvalue weighted by Crippen LogP contribution is -2.11. The number of para-hydroxylation sites is 1. The van der Waals surface area contributed by atoms with Crippen LogP contribution in [0.15, 0.2) is 150 Å². The SMILES string of the molecule is C1=Cc2oc3ccc(-n4c5ccccc5c5cc6ccccc6cc54)cc3c2C(c2nc(-c3ccccc3)nc(-c3ccccc3)n2)C1. The Hall–Kier alpha value is -6.33. The van der Waals surface area contributed by atoms with E-state index in [0.29, 0.717) is 11.6 Å². The Morgan fingerprint density at radius 1 is 0.562 bits per heavy atom. The van der Waals surface area contributed by atoms with E-state index < -0.39 is 0 Å². The number of allylic oxidation sites excluding steroid dienone is 1. The van der Waals surface area contributed by atoms with Crippen LogP contribution in [0.1, 0.15) is 29.5 Å². The molecule has 1 aliphatic rings. The second-order valence-corrected chi connectivity index (χ2v) is 12.4. The lowest BCUT2D eigenvalue weighted by atomic mass is 9.88. The van der Waals surface area contributed by atoms with Crippen LogP contribution < -0.4 is 0 Å². The third-order valence-corrected chi connectivity index (χ3v) is 9.55. The van der Waals surface area contributed by atoms with Gasteiger partial charge >= 0.3 is 0 Å². The van der Waals surface area contributed by atoms with Gasteiger partial charge in [-0.05, 0) is 59.7 Å². The summed E-state index contributed by atoms with van der Waals surface area (Å²) in [6, 6.07) is 48.7. The molecule has 3 heterocycles. The number of aromatic nitrogens is 4. The highest BCUT2D eigenvalue weighted by Gasteiger charge is 2.29. The first-order chi connectivity index (χ1) is 23.8. The van der Waals surface area contributed by atoms with Gasteiger partial charge in [-0.1, -0.05) is 109 Å². The zero-order valence-corrected chi connectivity index (χ0v) is 25.9. The van der Waals surface area contributed by atoms with E-state index in [4.69, 9.17) is 19.4 Å². The molecule has 0 amide bonds. The average Bonchev–Trinajstić information content (AvgIpc) is 3.69. The number of nitrogens with zero attached hydrogens (tertiary/aromatic N) is 4. The fraction of sp³-hybridized carbons (Fsp3) is 0.0465. The van der Waals surface area contributed by atoms with E-state index in [1.165, 1.54) is 32.6 Å². The van der Waals surface area contributed by atoms with Gasteiger partial charge in [0.15, 0.2) is 11.6 Å². The molecule has 0 spiro atoms. The van der Waals surface area contributed by atoms with Crippen LogP contribution >= 0.6 is 0 Å². The molecule has 10 rings (SSSR count). The molecule has 1 unspecified atom stereocenters. The Morgan fingerprint density at radius 2 is 1.23 bits per heavy atom. The summed E-state index contributed by atoms with van der Waals surface area (Å²) in [5, 5.41) is 6.02. The van der Waals surface area contributed by atoms with Crippen molar-refractivity contribution in [1.29, 1.82) is 0 Å². The standard InChI is InChI=1S/C43H28N4O/c1-3-12-27(13-4-1)41-44-42(28-14-5-2-6-15-28)46-43(45-41)33-19-11-21-39-40(33)35-26-31(22-23-38(35)48-39)47-36-20-10-9-18-32(36)34-24-29-16-7-8-17-30(29)25-37(34)47/h1-18,20-26,33H,19H2. The van der Waals surface area contributed by atoms with Gasteiger partial charge in [0.1, 0.15) is 17.2 Å². The summed E-state index contributed by atoms with van der Waals surface area (Å²) < 4.78 is 8.89. The van der Waals surface area contributed by atoms with Crippen molar-refractivity contribution in [2.24, 2.45) is 0 Å². The molecule has 1 aliphatic carbocycles. The van der Waals surface area contributed by atoms with Crippen LogP contribution in [0.25, 0.3) is 78.1 Å². The highest BCUT2D eigenvalue weighted by atomic mass is 16.3. The van der Waals surface area contributed by atoms with E-state index in [-0.39, 0.29) is 5.92 Å². The normalized spacial score (nSPS) is 14.3. The summed E-state index contributed by atoms with van der Waals surface area (Å²) in [6.45, 7) is 0. The van der Waals surface area contributed by atoms with Gasteiger partial charge in [-0.2, -0.15) is 0 Å². The van der Waals surface area contributed by atoms with Gasteiger partial charge in [-0.25, -0.2) is 15.0 Å². The summed E-state index contributed by atoms with van der Waals surface area (Å²) in [5.74, 6) is 2.83. The van der Waals surface area contributed by atoms with Crippen LogP contribution in [-0.4, -0.2) is 19.5 Å². The number of rotatable bonds is 4. The van der Waals surface area contributed by atoms with E-state index in [1.54, 1.807) is 0 Å². The molecule has 0 saturated carbocycles. The van der Waals surface area contributed by atoms with Gasteiger partial charge < -0.3 is 8.98 Å². The Labute approximate surface area is 276 Å². The lowest BCUT2D eigenvalue weighted by molar-refractivity contribution is 0.586. The minimum atomic E-state index is -0.100. The first-order valence-corrected chi connectivity index (χ1v) is 16.3. The summed E-state index contributed by atoms with van der Waals surface area (Å²) in [7, 11) is 0. The van der Waals surface area contributed by atoms with Crippen LogP contribution in [-0.2, 0) is 0 Å². The first kappa shape index (κ1) is 26.8. The third-order valence-electron chi connectivity index (χ3n) is 9.55. The molecule has 5 heteroatoms. The van der Waals surface area contributed by atoms with Crippen LogP contribution in [0.2, 0.25) is 0 Å². The summed E-state index contributed by atoms with van der Waals surface area (Å²) in [4.78, 5) is 15.2. The molecule has 9 aromatic rings. The van der Waals surface area contributed by atoms with Crippen molar-refractivity contribution in [2.75, 3.05) is 0 Å². The largest absolute Gasteiger partial charge is 0.456 e. The molecule has 0 radical (unpaired) electrons. The molecule has 0 N–H and O–H groups in total. The minimum absolute atomic E-state index is 0.100. The monoisotopic (exact) mass is 616 g/mol. The Kier molecular flexibility index (Phi) is 5.93. The van der Waals surface area contributed by atoms with Gasteiger partial charge in [0, 0.05) is 38.5 Å². The van der Waals surface area contributed by atoms with Crippen molar-refractivity contribution < 1.29 is 4.42 Å². The molecule has 0 saturated heterocycles. The molecule has 0 aliphatic heterocycles. The molecule has 1 atom stereocenters. The molecular formula is C43H28N4O. The number of fused-ring (bicyclic) bond motifs is 7. The van der Waals surface area contributed by atoms with Gasteiger partial charge in [-0.15, -0.1) is 0 Å². The van der Waals surface area contributed by atoms with Crippen molar-refractivity contribution in [2.45, 2.75) is 12.3 Å². The average molecular weight is 617 g/mol. The van der Waals surface area contributed by atoms with E-state index in [0.717, 1.165) is 51.4 Å². The van der Waals surface area contributed by atoms with Crippen molar-refractivity contribution in [3.8, 4) is 28.5 Å². The Balaban J connectivity index is 1.19. The van der Waals surface area contributed by atoms with Crippen LogP contribution in [0.4, 0.5) is 0 Å². The zero-order valence-electron chi connectivity index (χ0n) is 25.9. The molecule has 6 aromatic carbocycles. The van der Waals surface area contributed by atoms with E-state index >= 15 is 0 Å². The highest BCUT2D eigenvalue weighted by molar-refractivity contribution is 6.13. The molecule has 226 valence electrons. The maximum Gasteiger partial charge on any atom is 0.163 e. The maximum absolute atomic E-state index is 6.51. The topological polar surface area (TPSA) is 56.7 Å². The van der Waals surface area contributed by atoms with Crippen LogP contribution in [0.3, 0.4) is 0 Å². The van der Waals surface area contributed by atoms with Gasteiger partial charge in [0.2, 0.25) is 0 Å². The quantitative estimate of drug-likeness (QED) is 0.197. The first-order valence-electron chi connectivity index (χ1n) is 16.3. The molecular weight excluding hydrogens is 589 g/mol. The number of hydrogen-bond donors (Lipinski definition) is 0. The smallest absolute Gasteiger partial charge is 0.163 e. The van der Waals surface area contributed by atoms with Crippen molar-refractivity contribution in [3.63, 3.8) is 0 Å². The third kappa shape index (κ3) is 4.21. The van der Waals surface area contributed by atoms with E-state index in [2.05, 4.69) is 120 Å². The molecule has 0 fully saturated rings. The van der Waals surface area contributed by atoms with Crippen molar-refractivity contribution >= 4 is 49.6 Å². The Bertz CT molecular complexity index is 2650. The van der Waals surface area contributed by atoms with E-state index in [1.807, 2.05) is 36.4 Å². The Morgan fingerprint density at radius 3 is 1.98 bits per heavy atom. The second kappa shape index (κ2) is 10.6. The summed E-state index contributed by atoms with van der Waals surface area (Å²) in [5.41, 5.74) is 7.34. The van der Waals surface area contributed by atoms with Crippen LogP contribution in [0, 0.1) is 0 Å². The summed E-state index contributed by atoms with van der Waals surface area (Å²) >= 11 is 0. The number of furan rings is 1. The zero-order chi connectivity index (χ0) is 31.6. The molecule has 0 bridgehead atoms.